The lowest BCUT2D eigenvalue weighted by Crippen LogP contribution is -2.56. The first-order chi connectivity index (χ1) is 25.6. The van der Waals surface area contributed by atoms with Crippen molar-refractivity contribution in [3.8, 4) is 11.1 Å². The van der Waals surface area contributed by atoms with Crippen LogP contribution in [0.1, 0.15) is 62.8 Å². The first-order valence-electron chi connectivity index (χ1n) is 19.1. The van der Waals surface area contributed by atoms with Gasteiger partial charge >= 0.3 is 6.85 Å². The minimum absolute atomic E-state index is 0.0782. The van der Waals surface area contributed by atoms with Crippen LogP contribution in [0.2, 0.25) is 0 Å². The maximum Gasteiger partial charge on any atom is 0.333 e. The van der Waals surface area contributed by atoms with Crippen molar-refractivity contribution in [1.29, 1.82) is 0 Å². The molecule has 0 radical (unpaired) electrons. The van der Waals surface area contributed by atoms with Crippen molar-refractivity contribution in [1.82, 2.24) is 4.48 Å². The Hall–Kier alpha value is -5.68. The standard InChI is InChI=1S/C48H39BN2O2/c1-26-20-33-29-14-11-15-31-44(29)51(45-30-13-8-10-17-41(30)53-46(31)45)49-36-25-42-32(28-12-7-9-16-40(28)52-42)23-38(36)50(39(21-26)43(33)49)37-24-35-34(22-27(37)2)47(3,4)18-19-48(35,5)6/h7-17,20-25H,18-19H2,1-6H3. The minimum atomic E-state index is -0.0892. The SMILES string of the molecule is Cc1cc2c3c(c1)N(c1cc4c(cc1C)C(C)(C)CCC4(C)C)c1cc4c(cc1B3n1c3c-2cccc3c2oc3ccccc3c21)oc1ccccc14. The molecule has 0 bridgehead atoms. The number of hydrogen-bond acceptors (Lipinski definition) is 3. The molecule has 9 aromatic rings. The quantitative estimate of drug-likeness (QED) is 0.161. The van der Waals surface area contributed by atoms with Crippen LogP contribution in [0.4, 0.5) is 17.1 Å². The Balaban J connectivity index is 1.26. The van der Waals surface area contributed by atoms with Crippen molar-refractivity contribution in [2.24, 2.45) is 0 Å². The Morgan fingerprint density at radius 2 is 1.26 bits per heavy atom. The van der Waals surface area contributed by atoms with Crippen LogP contribution in [-0.4, -0.2) is 11.3 Å². The van der Waals surface area contributed by atoms with Crippen LogP contribution in [0.3, 0.4) is 0 Å². The Morgan fingerprint density at radius 3 is 2.06 bits per heavy atom. The van der Waals surface area contributed by atoms with Gasteiger partial charge in [0, 0.05) is 49.7 Å². The highest BCUT2D eigenvalue weighted by molar-refractivity contribution is 6.90. The fourth-order valence-corrected chi connectivity index (χ4v) is 10.5. The van der Waals surface area contributed by atoms with E-state index in [1.165, 1.54) is 79.7 Å². The van der Waals surface area contributed by atoms with E-state index < -0.39 is 0 Å². The lowest BCUT2D eigenvalue weighted by Gasteiger charge is -2.44. The molecule has 5 heterocycles. The Morgan fingerprint density at radius 1 is 0.566 bits per heavy atom. The van der Waals surface area contributed by atoms with Gasteiger partial charge in [-0.1, -0.05) is 82.3 Å². The topological polar surface area (TPSA) is 34.5 Å². The summed E-state index contributed by atoms with van der Waals surface area (Å²) in [5.41, 5.74) is 20.7. The van der Waals surface area contributed by atoms with Gasteiger partial charge in [0.15, 0.2) is 5.58 Å². The number of aromatic nitrogens is 1. The zero-order valence-corrected chi connectivity index (χ0v) is 31.0. The van der Waals surface area contributed by atoms with E-state index in [0.29, 0.717) is 0 Å². The van der Waals surface area contributed by atoms with Crippen LogP contribution in [0, 0.1) is 13.8 Å². The average Bonchev–Trinajstić information content (AvgIpc) is 3.81. The van der Waals surface area contributed by atoms with Gasteiger partial charge in [-0.2, -0.15) is 0 Å². The molecule has 0 unspecified atom stereocenters. The molecule has 0 saturated carbocycles. The highest BCUT2D eigenvalue weighted by atomic mass is 16.3. The molecule has 4 nitrogen and oxygen atoms in total. The van der Waals surface area contributed by atoms with Gasteiger partial charge in [0.05, 0.1) is 5.52 Å². The molecule has 3 aromatic heterocycles. The van der Waals surface area contributed by atoms with E-state index in [9.17, 15) is 0 Å². The van der Waals surface area contributed by atoms with Crippen molar-refractivity contribution in [3.63, 3.8) is 0 Å². The fraction of sp³-hybridized carbons (Fsp3) is 0.208. The first kappa shape index (κ1) is 29.9. The predicted molar refractivity (Wildman–Crippen MR) is 222 cm³/mol. The second-order valence-electron chi connectivity index (χ2n) is 17.3. The maximum atomic E-state index is 6.74. The molecule has 256 valence electrons. The zero-order chi connectivity index (χ0) is 35.7. The van der Waals surface area contributed by atoms with Crippen LogP contribution in [0.25, 0.3) is 66.0 Å². The first-order valence-corrected chi connectivity index (χ1v) is 19.1. The summed E-state index contributed by atoms with van der Waals surface area (Å²) in [6.07, 6.45) is 2.36. The summed E-state index contributed by atoms with van der Waals surface area (Å²) in [6.45, 7) is 14.2. The van der Waals surface area contributed by atoms with Gasteiger partial charge in [0.1, 0.15) is 16.7 Å². The van der Waals surface area contributed by atoms with E-state index >= 15 is 0 Å². The van der Waals surface area contributed by atoms with E-state index in [0.717, 1.165) is 49.4 Å². The molecule has 5 heteroatoms. The van der Waals surface area contributed by atoms with E-state index in [2.05, 4.69) is 154 Å². The third-order valence-electron chi connectivity index (χ3n) is 13.2. The van der Waals surface area contributed by atoms with E-state index in [-0.39, 0.29) is 17.7 Å². The molecule has 12 rings (SSSR count). The molecule has 2 aliphatic heterocycles. The van der Waals surface area contributed by atoms with E-state index in [1.807, 2.05) is 0 Å². The number of aryl methyl sites for hydroxylation is 2. The molecule has 3 aliphatic rings. The summed E-state index contributed by atoms with van der Waals surface area (Å²) in [5, 5.41) is 4.59. The highest BCUT2D eigenvalue weighted by Crippen LogP contribution is 2.52. The van der Waals surface area contributed by atoms with Crippen molar-refractivity contribution >= 4 is 89.7 Å². The molecule has 0 amide bonds. The minimum Gasteiger partial charge on any atom is -0.456 e. The van der Waals surface area contributed by atoms with Crippen molar-refractivity contribution in [3.05, 3.63) is 125 Å². The smallest absolute Gasteiger partial charge is 0.333 e. The number of benzene rings is 6. The largest absolute Gasteiger partial charge is 0.456 e. The molecule has 0 fully saturated rings. The van der Waals surface area contributed by atoms with Crippen molar-refractivity contribution in [2.75, 3.05) is 4.90 Å². The number of furan rings is 2. The molecule has 0 spiro atoms. The van der Waals surface area contributed by atoms with Gasteiger partial charge in [-0.25, -0.2) is 0 Å². The summed E-state index contributed by atoms with van der Waals surface area (Å²) in [4.78, 5) is 2.60. The number of nitrogens with zero attached hydrogens (tertiary/aromatic N) is 2. The van der Waals surface area contributed by atoms with Crippen LogP contribution in [0.5, 0.6) is 0 Å². The molecule has 6 aromatic carbocycles. The third-order valence-corrected chi connectivity index (χ3v) is 13.2. The summed E-state index contributed by atoms with van der Waals surface area (Å²) in [5.74, 6) is 0. The second-order valence-corrected chi connectivity index (χ2v) is 17.3. The fourth-order valence-electron chi connectivity index (χ4n) is 10.5. The van der Waals surface area contributed by atoms with Gasteiger partial charge < -0.3 is 18.2 Å². The number of hydrogen-bond donors (Lipinski definition) is 0. The molecular weight excluding hydrogens is 647 g/mol. The third kappa shape index (κ3) is 3.68. The molecule has 1 aliphatic carbocycles. The monoisotopic (exact) mass is 686 g/mol. The van der Waals surface area contributed by atoms with Gasteiger partial charge in [-0.05, 0) is 125 Å². The zero-order valence-electron chi connectivity index (χ0n) is 31.0. The number of fused-ring (bicyclic) bond motifs is 13. The summed E-state index contributed by atoms with van der Waals surface area (Å²) < 4.78 is 16.0. The van der Waals surface area contributed by atoms with Gasteiger partial charge in [-0.15, -0.1) is 0 Å². The van der Waals surface area contributed by atoms with Crippen molar-refractivity contribution < 1.29 is 8.83 Å². The molecule has 0 saturated heterocycles. The van der Waals surface area contributed by atoms with Gasteiger partial charge in [-0.3, -0.25) is 0 Å². The molecule has 0 atom stereocenters. The lowest BCUT2D eigenvalue weighted by atomic mass is 9.45. The molecular formula is C48H39BN2O2. The number of rotatable bonds is 1. The highest BCUT2D eigenvalue weighted by Gasteiger charge is 2.45. The summed E-state index contributed by atoms with van der Waals surface area (Å²) in [6, 6.07) is 38.4. The van der Waals surface area contributed by atoms with Crippen LogP contribution in [0.15, 0.2) is 112 Å². The predicted octanol–water partition coefficient (Wildman–Crippen LogP) is 11.8. The van der Waals surface area contributed by atoms with Crippen LogP contribution < -0.4 is 15.8 Å². The Labute approximate surface area is 308 Å². The van der Waals surface area contributed by atoms with E-state index in [1.54, 1.807) is 0 Å². The van der Waals surface area contributed by atoms with Crippen molar-refractivity contribution in [2.45, 2.75) is 65.2 Å². The maximum absolute atomic E-state index is 6.74. The second kappa shape index (κ2) is 9.65. The van der Waals surface area contributed by atoms with Crippen LogP contribution >= 0.6 is 0 Å². The summed E-state index contributed by atoms with van der Waals surface area (Å²) >= 11 is 0. The number of anilines is 3. The average molecular weight is 687 g/mol. The number of para-hydroxylation sites is 3. The Kier molecular flexibility index (Phi) is 5.43. The Bertz CT molecular complexity index is 3120. The van der Waals surface area contributed by atoms with Gasteiger partial charge in [0.25, 0.3) is 0 Å². The molecule has 0 N–H and O–H groups in total. The lowest BCUT2D eigenvalue weighted by molar-refractivity contribution is 0.332. The van der Waals surface area contributed by atoms with Crippen LogP contribution in [-0.2, 0) is 10.8 Å². The van der Waals surface area contributed by atoms with E-state index in [4.69, 9.17) is 8.83 Å². The normalized spacial score (nSPS) is 16.6. The summed E-state index contributed by atoms with van der Waals surface area (Å²) in [7, 11) is 0. The van der Waals surface area contributed by atoms with Gasteiger partial charge in [0.2, 0.25) is 0 Å². The molecule has 53 heavy (non-hydrogen) atoms.